The molecule has 0 bridgehead atoms. The second-order valence-corrected chi connectivity index (χ2v) is 10.3. The SMILES string of the molecule is C=C(C=CC(O)CC(O)C(C(=O)O)c1ccc(F)cc1)c1nnn(C(c2ccccc2)(c2ccccc2)c2ccccc2)n1. The van der Waals surface area contributed by atoms with E-state index in [1.54, 1.807) is 4.80 Å². The Balaban J connectivity index is 1.42. The van der Waals surface area contributed by atoms with Crippen molar-refractivity contribution in [1.29, 1.82) is 0 Å². The molecule has 3 N–H and O–H groups in total. The van der Waals surface area contributed by atoms with Gasteiger partial charge >= 0.3 is 5.97 Å². The normalized spacial score (nSPS) is 13.8. The molecule has 0 fully saturated rings. The number of allylic oxidation sites excluding steroid dienone is 2. The van der Waals surface area contributed by atoms with Crippen LogP contribution in [0.2, 0.25) is 0 Å². The molecule has 8 nitrogen and oxygen atoms in total. The molecule has 3 unspecified atom stereocenters. The summed E-state index contributed by atoms with van der Waals surface area (Å²) in [5, 5.41) is 44.5. The lowest BCUT2D eigenvalue weighted by molar-refractivity contribution is -0.142. The molecule has 0 aliphatic heterocycles. The van der Waals surface area contributed by atoms with Crippen molar-refractivity contribution in [3.8, 4) is 0 Å². The molecule has 0 saturated heterocycles. The minimum Gasteiger partial charge on any atom is -0.481 e. The topological polar surface area (TPSA) is 121 Å². The average molecular weight is 591 g/mol. The molecule has 0 spiro atoms. The van der Waals surface area contributed by atoms with Gasteiger partial charge in [0.15, 0.2) is 5.54 Å². The van der Waals surface area contributed by atoms with Gasteiger partial charge in [-0.25, -0.2) is 4.39 Å². The molecule has 0 saturated carbocycles. The Morgan fingerprint density at radius 1 is 0.841 bits per heavy atom. The molecule has 0 aliphatic carbocycles. The first kappa shape index (κ1) is 30.2. The summed E-state index contributed by atoms with van der Waals surface area (Å²) in [6.45, 7) is 4.04. The van der Waals surface area contributed by atoms with Gasteiger partial charge in [0.2, 0.25) is 5.82 Å². The van der Waals surface area contributed by atoms with Crippen molar-refractivity contribution < 1.29 is 24.5 Å². The standard InChI is InChI=1S/C35H31FN4O4/c1-24(17-22-30(41)23-31(42)32(34(43)44)25-18-20-29(36)21-19-25)33-37-39-40(38-33)35(26-11-5-2-6-12-26,27-13-7-3-8-14-27)28-15-9-4-10-16-28/h2-22,30-32,41-42H,1,23H2,(H,43,44). The van der Waals surface area contributed by atoms with E-state index in [0.717, 1.165) is 28.8 Å². The number of benzene rings is 4. The van der Waals surface area contributed by atoms with Gasteiger partial charge in [0.25, 0.3) is 0 Å². The van der Waals surface area contributed by atoms with E-state index in [0.29, 0.717) is 5.57 Å². The zero-order valence-electron chi connectivity index (χ0n) is 23.7. The van der Waals surface area contributed by atoms with E-state index in [2.05, 4.69) is 16.9 Å². The maximum absolute atomic E-state index is 13.3. The first-order chi connectivity index (χ1) is 21.3. The van der Waals surface area contributed by atoms with Crippen LogP contribution in [0.25, 0.3) is 5.57 Å². The third kappa shape index (κ3) is 6.24. The van der Waals surface area contributed by atoms with Gasteiger partial charge in [-0.3, -0.25) is 4.79 Å². The van der Waals surface area contributed by atoms with Crippen molar-refractivity contribution in [2.45, 2.75) is 30.1 Å². The Morgan fingerprint density at radius 2 is 1.34 bits per heavy atom. The van der Waals surface area contributed by atoms with Gasteiger partial charge in [0.1, 0.15) is 11.7 Å². The smallest absolute Gasteiger partial charge is 0.313 e. The van der Waals surface area contributed by atoms with E-state index in [9.17, 15) is 24.5 Å². The number of aliphatic hydroxyl groups excluding tert-OH is 2. The molecule has 4 aromatic carbocycles. The molecule has 1 heterocycles. The van der Waals surface area contributed by atoms with Gasteiger partial charge in [-0.1, -0.05) is 122 Å². The van der Waals surface area contributed by atoms with Crippen LogP contribution in [0.15, 0.2) is 134 Å². The Bertz CT molecular complexity index is 1630. The number of tetrazole rings is 1. The van der Waals surface area contributed by atoms with Gasteiger partial charge < -0.3 is 15.3 Å². The Hall–Kier alpha value is -5.25. The summed E-state index contributed by atoms with van der Waals surface area (Å²) in [6.07, 6.45) is -0.0440. The zero-order valence-corrected chi connectivity index (χ0v) is 23.7. The number of hydrogen-bond acceptors (Lipinski definition) is 6. The number of carbonyl (C=O) groups is 1. The second-order valence-electron chi connectivity index (χ2n) is 10.3. The van der Waals surface area contributed by atoms with Gasteiger partial charge in [-0.15, -0.1) is 15.0 Å². The second kappa shape index (κ2) is 13.4. The van der Waals surface area contributed by atoms with Gasteiger partial charge in [-0.2, -0.15) is 0 Å². The van der Waals surface area contributed by atoms with Crippen molar-refractivity contribution in [2.24, 2.45) is 0 Å². The summed E-state index contributed by atoms with van der Waals surface area (Å²) in [6, 6.07) is 34.5. The highest BCUT2D eigenvalue weighted by molar-refractivity contribution is 5.77. The maximum Gasteiger partial charge on any atom is 0.313 e. The van der Waals surface area contributed by atoms with Crippen LogP contribution in [-0.4, -0.2) is 53.7 Å². The van der Waals surface area contributed by atoms with Crippen molar-refractivity contribution in [1.82, 2.24) is 20.2 Å². The summed E-state index contributed by atoms with van der Waals surface area (Å²) < 4.78 is 13.3. The molecule has 1 aromatic heterocycles. The van der Waals surface area contributed by atoms with Gasteiger partial charge in [-0.05, 0) is 39.6 Å². The lowest BCUT2D eigenvalue weighted by Crippen LogP contribution is -2.39. The van der Waals surface area contributed by atoms with Crippen LogP contribution in [0.3, 0.4) is 0 Å². The third-order valence-corrected chi connectivity index (χ3v) is 7.46. The van der Waals surface area contributed by atoms with Crippen molar-refractivity contribution in [3.05, 3.63) is 168 Å². The summed E-state index contributed by atoms with van der Waals surface area (Å²) in [5.41, 5.74) is 2.37. The monoisotopic (exact) mass is 590 g/mol. The highest BCUT2D eigenvalue weighted by Crippen LogP contribution is 2.39. The number of aromatic nitrogens is 4. The number of nitrogens with zero attached hydrogens (tertiary/aromatic N) is 4. The molecular formula is C35H31FN4O4. The fourth-order valence-corrected chi connectivity index (χ4v) is 5.33. The molecule has 5 aromatic rings. The Labute approximate surface area is 254 Å². The predicted octanol–water partition coefficient (Wildman–Crippen LogP) is 5.20. The Morgan fingerprint density at radius 3 is 1.82 bits per heavy atom. The quantitative estimate of drug-likeness (QED) is 0.135. The largest absolute Gasteiger partial charge is 0.481 e. The van der Waals surface area contributed by atoms with Crippen LogP contribution in [0.1, 0.15) is 40.4 Å². The van der Waals surface area contributed by atoms with Crippen LogP contribution in [0.4, 0.5) is 4.39 Å². The van der Waals surface area contributed by atoms with Crippen LogP contribution in [0.5, 0.6) is 0 Å². The van der Waals surface area contributed by atoms with Crippen LogP contribution >= 0.6 is 0 Å². The minimum atomic E-state index is -1.44. The van der Waals surface area contributed by atoms with Crippen LogP contribution in [-0.2, 0) is 10.3 Å². The first-order valence-corrected chi connectivity index (χ1v) is 14.0. The van der Waals surface area contributed by atoms with E-state index < -0.39 is 35.5 Å². The van der Waals surface area contributed by atoms with Crippen molar-refractivity contribution in [3.63, 3.8) is 0 Å². The van der Waals surface area contributed by atoms with E-state index in [1.165, 1.54) is 24.3 Å². The van der Waals surface area contributed by atoms with Crippen LogP contribution < -0.4 is 0 Å². The molecule has 5 rings (SSSR count). The number of aliphatic hydroxyl groups is 2. The molecule has 9 heteroatoms. The number of carboxylic acid groups (broad SMARTS) is 1. The van der Waals surface area contributed by atoms with Gasteiger partial charge in [0.05, 0.1) is 12.2 Å². The molecular weight excluding hydrogens is 559 g/mol. The number of carboxylic acids is 1. The van der Waals surface area contributed by atoms with Gasteiger partial charge in [0, 0.05) is 12.0 Å². The van der Waals surface area contributed by atoms with E-state index in [-0.39, 0.29) is 17.8 Å². The summed E-state index contributed by atoms with van der Waals surface area (Å²) in [5.74, 6) is -2.93. The van der Waals surface area contributed by atoms with E-state index in [4.69, 9.17) is 5.10 Å². The number of halogens is 1. The minimum absolute atomic E-state index is 0.218. The lowest BCUT2D eigenvalue weighted by atomic mass is 9.77. The van der Waals surface area contributed by atoms with Crippen LogP contribution in [0, 0.1) is 5.82 Å². The lowest BCUT2D eigenvalue weighted by Gasteiger charge is -2.34. The summed E-state index contributed by atoms with van der Waals surface area (Å²) >= 11 is 0. The predicted molar refractivity (Wildman–Crippen MR) is 164 cm³/mol. The highest BCUT2D eigenvalue weighted by Gasteiger charge is 2.41. The fourth-order valence-electron chi connectivity index (χ4n) is 5.33. The van der Waals surface area contributed by atoms with Crippen molar-refractivity contribution >= 4 is 11.5 Å². The number of rotatable bonds is 12. The summed E-state index contributed by atoms with van der Waals surface area (Å²) in [4.78, 5) is 13.4. The third-order valence-electron chi connectivity index (χ3n) is 7.46. The molecule has 222 valence electrons. The average Bonchev–Trinajstić information content (AvgIpc) is 3.53. The molecule has 0 aliphatic rings. The number of hydrogen-bond donors (Lipinski definition) is 3. The molecule has 44 heavy (non-hydrogen) atoms. The molecule has 0 amide bonds. The molecule has 0 radical (unpaired) electrons. The van der Waals surface area contributed by atoms with E-state index in [1.807, 2.05) is 91.0 Å². The molecule has 3 atom stereocenters. The fraction of sp³-hybridized carbons (Fsp3) is 0.143. The highest BCUT2D eigenvalue weighted by atomic mass is 19.1. The van der Waals surface area contributed by atoms with Crippen molar-refractivity contribution in [2.75, 3.05) is 0 Å². The Kier molecular flexibility index (Phi) is 9.18. The van der Waals surface area contributed by atoms with E-state index >= 15 is 0 Å². The maximum atomic E-state index is 13.3. The number of aliphatic carboxylic acids is 1. The summed E-state index contributed by atoms with van der Waals surface area (Å²) in [7, 11) is 0. The zero-order chi connectivity index (χ0) is 31.1. The first-order valence-electron chi connectivity index (χ1n) is 14.0.